The summed E-state index contributed by atoms with van der Waals surface area (Å²) < 4.78 is 10.00. The molecule has 0 aliphatic carbocycles. The molecule has 0 unspecified atom stereocenters. The predicted molar refractivity (Wildman–Crippen MR) is 95.4 cm³/mol. The zero-order valence-corrected chi connectivity index (χ0v) is 15.3. The van der Waals surface area contributed by atoms with Crippen LogP contribution in [0.1, 0.15) is 34.6 Å². The summed E-state index contributed by atoms with van der Waals surface area (Å²) in [4.78, 5) is 35.4. The van der Waals surface area contributed by atoms with Crippen molar-refractivity contribution < 1.29 is 23.9 Å². The van der Waals surface area contributed by atoms with Crippen LogP contribution in [0.15, 0.2) is 24.3 Å². The molecule has 1 aromatic carbocycles. The van der Waals surface area contributed by atoms with Crippen LogP contribution >= 0.6 is 11.3 Å². The summed E-state index contributed by atoms with van der Waals surface area (Å²) in [6.07, 6.45) is 0.515. The maximum absolute atomic E-state index is 12.0. The molecule has 0 saturated heterocycles. The molecule has 8 nitrogen and oxygen atoms in total. The third kappa shape index (κ3) is 6.25. The van der Waals surface area contributed by atoms with Gasteiger partial charge in [-0.3, -0.25) is 14.4 Å². The fraction of sp³-hybridized carbons (Fsp3) is 0.353. The number of hydrogen-bond donors (Lipinski definition) is 1. The zero-order valence-electron chi connectivity index (χ0n) is 14.5. The molecule has 0 atom stereocenters. The highest BCUT2D eigenvalue weighted by Crippen LogP contribution is 2.15. The van der Waals surface area contributed by atoms with Gasteiger partial charge in [0.1, 0.15) is 10.8 Å². The monoisotopic (exact) mass is 377 g/mol. The number of hydrogen-bond acceptors (Lipinski definition) is 8. The third-order valence-electron chi connectivity index (χ3n) is 3.31. The SMILES string of the molecule is COc1cccc(C(=O)COC(=O)CCCC(=O)Nc2nnc(C)s2)c1. The highest BCUT2D eigenvalue weighted by molar-refractivity contribution is 7.15. The number of amides is 1. The summed E-state index contributed by atoms with van der Waals surface area (Å²) in [5.74, 6) is -0.539. The molecule has 1 N–H and O–H groups in total. The molecule has 26 heavy (non-hydrogen) atoms. The molecule has 138 valence electrons. The van der Waals surface area contributed by atoms with Gasteiger partial charge in [0.15, 0.2) is 12.4 Å². The summed E-state index contributed by atoms with van der Waals surface area (Å²) in [7, 11) is 1.51. The molecule has 0 spiro atoms. The van der Waals surface area contributed by atoms with Crippen LogP contribution in [-0.4, -0.2) is 41.6 Å². The van der Waals surface area contributed by atoms with Crippen LogP contribution in [0.3, 0.4) is 0 Å². The Kier molecular flexibility index (Phi) is 7.22. The number of ether oxygens (including phenoxy) is 2. The number of anilines is 1. The third-order valence-corrected chi connectivity index (χ3v) is 4.07. The van der Waals surface area contributed by atoms with E-state index in [0.29, 0.717) is 22.9 Å². The standard InChI is InChI=1S/C17H19N3O5S/c1-11-19-20-17(26-11)18-15(22)7-4-8-16(23)25-10-14(21)12-5-3-6-13(9-12)24-2/h3,5-6,9H,4,7-8,10H2,1-2H3,(H,18,20,22). The average molecular weight is 377 g/mol. The first-order valence-corrected chi connectivity index (χ1v) is 8.72. The first-order chi connectivity index (χ1) is 12.5. The van der Waals surface area contributed by atoms with Crippen molar-refractivity contribution in [1.29, 1.82) is 0 Å². The zero-order chi connectivity index (χ0) is 18.9. The van der Waals surface area contributed by atoms with E-state index in [0.717, 1.165) is 5.01 Å². The first-order valence-electron chi connectivity index (χ1n) is 7.91. The van der Waals surface area contributed by atoms with Crippen molar-refractivity contribution in [3.8, 4) is 5.75 Å². The lowest BCUT2D eigenvalue weighted by Gasteiger charge is -2.06. The number of aromatic nitrogens is 2. The number of rotatable bonds is 9. The van der Waals surface area contributed by atoms with Gasteiger partial charge in [-0.15, -0.1) is 10.2 Å². The number of carbonyl (C=O) groups excluding carboxylic acids is 3. The van der Waals surface area contributed by atoms with E-state index in [4.69, 9.17) is 9.47 Å². The van der Waals surface area contributed by atoms with Gasteiger partial charge in [0.05, 0.1) is 7.11 Å². The van der Waals surface area contributed by atoms with Gasteiger partial charge in [-0.1, -0.05) is 23.5 Å². The van der Waals surface area contributed by atoms with E-state index in [1.54, 1.807) is 31.2 Å². The fourth-order valence-corrected chi connectivity index (χ4v) is 2.63. The van der Waals surface area contributed by atoms with Crippen molar-refractivity contribution in [2.75, 3.05) is 19.0 Å². The first kappa shape index (κ1) is 19.5. The largest absolute Gasteiger partial charge is 0.497 e. The number of esters is 1. The highest BCUT2D eigenvalue weighted by atomic mass is 32.1. The van der Waals surface area contributed by atoms with Gasteiger partial charge in [-0.05, 0) is 25.5 Å². The number of carbonyl (C=O) groups is 3. The Bertz CT molecular complexity index is 790. The van der Waals surface area contributed by atoms with Gasteiger partial charge in [-0.25, -0.2) is 0 Å². The number of aryl methyl sites for hydroxylation is 1. The lowest BCUT2D eigenvalue weighted by atomic mass is 10.1. The molecule has 2 aromatic rings. The van der Waals surface area contributed by atoms with E-state index in [2.05, 4.69) is 15.5 Å². The topological polar surface area (TPSA) is 107 Å². The van der Waals surface area contributed by atoms with Crippen molar-refractivity contribution in [3.63, 3.8) is 0 Å². The maximum atomic E-state index is 12.0. The lowest BCUT2D eigenvalue weighted by molar-refractivity contribution is -0.142. The van der Waals surface area contributed by atoms with E-state index < -0.39 is 5.97 Å². The van der Waals surface area contributed by atoms with Crippen LogP contribution in [0.5, 0.6) is 5.75 Å². The maximum Gasteiger partial charge on any atom is 0.306 e. The summed E-state index contributed by atoms with van der Waals surface area (Å²) >= 11 is 1.28. The number of benzene rings is 1. The minimum absolute atomic E-state index is 0.0496. The molecule has 1 aromatic heterocycles. The van der Waals surface area contributed by atoms with Crippen molar-refractivity contribution in [2.45, 2.75) is 26.2 Å². The number of Topliss-reactive ketones (excluding diaryl/α,β-unsaturated/α-hetero) is 1. The van der Waals surface area contributed by atoms with Gasteiger partial charge in [0, 0.05) is 18.4 Å². The molecule has 0 bridgehead atoms. The van der Waals surface area contributed by atoms with E-state index in [1.807, 2.05) is 0 Å². The fourth-order valence-electron chi connectivity index (χ4n) is 2.02. The molecular formula is C17H19N3O5S. The second-order valence-corrected chi connectivity index (χ2v) is 6.53. The van der Waals surface area contributed by atoms with Gasteiger partial charge < -0.3 is 14.8 Å². The van der Waals surface area contributed by atoms with Crippen molar-refractivity contribution in [3.05, 3.63) is 34.8 Å². The molecule has 0 aliphatic rings. The Morgan fingerprint density at radius 3 is 2.69 bits per heavy atom. The summed E-state index contributed by atoms with van der Waals surface area (Å²) in [6, 6.07) is 6.61. The van der Waals surface area contributed by atoms with Gasteiger partial charge in [0.25, 0.3) is 0 Å². The van der Waals surface area contributed by atoms with Crippen molar-refractivity contribution in [2.24, 2.45) is 0 Å². The van der Waals surface area contributed by atoms with Crippen LogP contribution in [0.2, 0.25) is 0 Å². The normalized spacial score (nSPS) is 10.2. The smallest absolute Gasteiger partial charge is 0.306 e. The minimum atomic E-state index is -0.527. The van der Waals surface area contributed by atoms with E-state index in [-0.39, 0.29) is 31.1 Å². The van der Waals surface area contributed by atoms with Gasteiger partial charge in [0.2, 0.25) is 11.0 Å². The molecule has 2 rings (SSSR count). The van der Waals surface area contributed by atoms with Gasteiger partial charge >= 0.3 is 5.97 Å². The van der Waals surface area contributed by atoms with Crippen LogP contribution in [0.4, 0.5) is 5.13 Å². The quantitative estimate of drug-likeness (QED) is 0.528. The van der Waals surface area contributed by atoms with Crippen LogP contribution in [0.25, 0.3) is 0 Å². The predicted octanol–water partition coefficient (Wildman–Crippen LogP) is 2.39. The van der Waals surface area contributed by atoms with Crippen LogP contribution in [0, 0.1) is 6.92 Å². The number of ketones is 1. The molecule has 1 heterocycles. The second-order valence-electron chi connectivity index (χ2n) is 5.34. The molecular weight excluding hydrogens is 358 g/mol. The van der Waals surface area contributed by atoms with Crippen molar-refractivity contribution >= 4 is 34.1 Å². The molecule has 0 radical (unpaired) electrons. The Morgan fingerprint density at radius 2 is 2.00 bits per heavy atom. The average Bonchev–Trinajstić information content (AvgIpc) is 3.04. The molecule has 0 saturated carbocycles. The van der Waals surface area contributed by atoms with E-state index in [1.165, 1.54) is 18.4 Å². The Labute approximate surface area is 154 Å². The number of methoxy groups -OCH3 is 1. The number of nitrogens with one attached hydrogen (secondary N) is 1. The van der Waals surface area contributed by atoms with Crippen LogP contribution in [-0.2, 0) is 14.3 Å². The molecule has 0 fully saturated rings. The lowest BCUT2D eigenvalue weighted by Crippen LogP contribution is -2.15. The Balaban J connectivity index is 1.66. The summed E-state index contributed by atoms with van der Waals surface area (Å²) in [6.45, 7) is 1.44. The summed E-state index contributed by atoms with van der Waals surface area (Å²) in [5.41, 5.74) is 0.406. The Hall–Kier alpha value is -2.81. The molecule has 0 aliphatic heterocycles. The van der Waals surface area contributed by atoms with E-state index >= 15 is 0 Å². The van der Waals surface area contributed by atoms with Crippen molar-refractivity contribution in [1.82, 2.24) is 10.2 Å². The number of nitrogens with zero attached hydrogens (tertiary/aromatic N) is 2. The highest BCUT2D eigenvalue weighted by Gasteiger charge is 2.12. The van der Waals surface area contributed by atoms with E-state index in [9.17, 15) is 14.4 Å². The Morgan fingerprint density at radius 1 is 1.19 bits per heavy atom. The molecule has 1 amide bonds. The second kappa shape index (κ2) is 9.62. The minimum Gasteiger partial charge on any atom is -0.497 e. The molecule has 9 heteroatoms. The summed E-state index contributed by atoms with van der Waals surface area (Å²) in [5, 5.41) is 11.4. The van der Waals surface area contributed by atoms with Crippen LogP contribution < -0.4 is 10.1 Å². The van der Waals surface area contributed by atoms with Gasteiger partial charge in [-0.2, -0.15) is 0 Å².